The maximum atomic E-state index is 12.3. The second kappa shape index (κ2) is 8.23. The SMILES string of the molecule is CC(Nc1ccc(NC(=O)C(C)(C)C)cc1)C(=O)Nc1ccc(Cl)cc1. The number of rotatable bonds is 5. The van der Waals surface area contributed by atoms with E-state index in [4.69, 9.17) is 11.6 Å². The Morgan fingerprint density at radius 2 is 1.31 bits per heavy atom. The average Bonchev–Trinajstić information content (AvgIpc) is 2.57. The number of halogens is 1. The van der Waals surface area contributed by atoms with Gasteiger partial charge >= 0.3 is 0 Å². The van der Waals surface area contributed by atoms with Crippen molar-refractivity contribution in [2.75, 3.05) is 16.0 Å². The fraction of sp³-hybridized carbons (Fsp3) is 0.300. The van der Waals surface area contributed by atoms with E-state index in [2.05, 4.69) is 16.0 Å². The molecule has 5 nitrogen and oxygen atoms in total. The Hall–Kier alpha value is -2.53. The second-order valence-corrected chi connectivity index (χ2v) is 7.58. The summed E-state index contributed by atoms with van der Waals surface area (Å²) in [6, 6.07) is 13.8. The molecule has 6 heteroatoms. The van der Waals surface area contributed by atoms with Crippen LogP contribution in [-0.4, -0.2) is 17.9 Å². The lowest BCUT2D eigenvalue weighted by Gasteiger charge is -2.18. The number of carbonyl (C=O) groups excluding carboxylic acids is 2. The lowest BCUT2D eigenvalue weighted by Crippen LogP contribution is -2.31. The molecule has 1 unspecified atom stereocenters. The fourth-order valence-electron chi connectivity index (χ4n) is 2.07. The number of nitrogens with one attached hydrogen (secondary N) is 3. The van der Waals surface area contributed by atoms with Crippen molar-refractivity contribution in [1.82, 2.24) is 0 Å². The van der Waals surface area contributed by atoms with Gasteiger partial charge in [-0.15, -0.1) is 0 Å². The van der Waals surface area contributed by atoms with Gasteiger partial charge in [0.05, 0.1) is 0 Å². The standard InChI is InChI=1S/C20H24ClN3O2/c1-13(18(25)23-16-7-5-14(21)6-8-16)22-15-9-11-17(12-10-15)24-19(26)20(2,3)4/h5-13,22H,1-4H3,(H,23,25)(H,24,26). The third-order valence-corrected chi connectivity index (χ3v) is 3.96. The molecule has 2 aromatic rings. The zero-order chi connectivity index (χ0) is 19.3. The second-order valence-electron chi connectivity index (χ2n) is 7.14. The number of carbonyl (C=O) groups is 2. The van der Waals surface area contributed by atoms with E-state index >= 15 is 0 Å². The molecule has 26 heavy (non-hydrogen) atoms. The third kappa shape index (κ3) is 5.77. The van der Waals surface area contributed by atoms with Crippen LogP contribution < -0.4 is 16.0 Å². The largest absolute Gasteiger partial charge is 0.374 e. The van der Waals surface area contributed by atoms with Crippen LogP contribution >= 0.6 is 11.6 Å². The van der Waals surface area contributed by atoms with E-state index in [1.165, 1.54) is 0 Å². The Morgan fingerprint density at radius 3 is 1.85 bits per heavy atom. The lowest BCUT2D eigenvalue weighted by molar-refractivity contribution is -0.123. The van der Waals surface area contributed by atoms with E-state index in [1.807, 2.05) is 32.9 Å². The monoisotopic (exact) mass is 373 g/mol. The summed E-state index contributed by atoms with van der Waals surface area (Å²) in [5.41, 5.74) is 1.74. The molecule has 0 aliphatic carbocycles. The molecule has 0 radical (unpaired) electrons. The highest BCUT2D eigenvalue weighted by Gasteiger charge is 2.21. The number of hydrogen-bond acceptors (Lipinski definition) is 3. The van der Waals surface area contributed by atoms with Crippen LogP contribution in [0.25, 0.3) is 0 Å². The molecule has 0 heterocycles. The van der Waals surface area contributed by atoms with E-state index < -0.39 is 11.5 Å². The number of hydrogen-bond donors (Lipinski definition) is 3. The molecule has 0 saturated heterocycles. The van der Waals surface area contributed by atoms with Crippen molar-refractivity contribution in [3.63, 3.8) is 0 Å². The predicted octanol–water partition coefficient (Wildman–Crippen LogP) is 4.76. The molecule has 2 amide bonds. The van der Waals surface area contributed by atoms with Crippen molar-refractivity contribution < 1.29 is 9.59 Å². The fourth-order valence-corrected chi connectivity index (χ4v) is 2.19. The van der Waals surface area contributed by atoms with Gasteiger partial charge in [-0.05, 0) is 55.5 Å². The average molecular weight is 374 g/mol. The van der Waals surface area contributed by atoms with Gasteiger partial charge in [-0.3, -0.25) is 9.59 Å². The summed E-state index contributed by atoms with van der Waals surface area (Å²) in [7, 11) is 0. The minimum atomic E-state index is -0.453. The van der Waals surface area contributed by atoms with Gasteiger partial charge in [0, 0.05) is 27.5 Å². The van der Waals surface area contributed by atoms with Gasteiger partial charge in [-0.25, -0.2) is 0 Å². The van der Waals surface area contributed by atoms with Gasteiger partial charge in [0.25, 0.3) is 0 Å². The van der Waals surface area contributed by atoms with Crippen molar-refractivity contribution >= 4 is 40.5 Å². The summed E-state index contributed by atoms with van der Waals surface area (Å²) >= 11 is 5.84. The Balaban J connectivity index is 1.92. The molecule has 0 bridgehead atoms. The summed E-state index contributed by atoms with van der Waals surface area (Å²) in [5, 5.41) is 9.44. The van der Waals surface area contributed by atoms with Gasteiger partial charge in [0.2, 0.25) is 11.8 Å². The van der Waals surface area contributed by atoms with Crippen molar-refractivity contribution in [3.05, 3.63) is 53.6 Å². The van der Waals surface area contributed by atoms with Gasteiger partial charge in [-0.1, -0.05) is 32.4 Å². The molecular formula is C20H24ClN3O2. The summed E-state index contributed by atoms with van der Waals surface area (Å²) in [4.78, 5) is 24.3. The van der Waals surface area contributed by atoms with Gasteiger partial charge < -0.3 is 16.0 Å². The quantitative estimate of drug-likeness (QED) is 0.707. The van der Waals surface area contributed by atoms with E-state index in [1.54, 1.807) is 43.3 Å². The van der Waals surface area contributed by atoms with Crippen LogP contribution in [-0.2, 0) is 9.59 Å². The van der Waals surface area contributed by atoms with Crippen molar-refractivity contribution in [2.24, 2.45) is 5.41 Å². The first-order valence-corrected chi connectivity index (χ1v) is 8.77. The summed E-state index contributed by atoms with van der Waals surface area (Å²) < 4.78 is 0. The molecule has 0 aliphatic heterocycles. The highest BCUT2D eigenvalue weighted by atomic mass is 35.5. The Morgan fingerprint density at radius 1 is 0.846 bits per heavy atom. The minimum Gasteiger partial charge on any atom is -0.374 e. The van der Waals surface area contributed by atoms with Gasteiger partial charge in [0.15, 0.2) is 0 Å². The van der Waals surface area contributed by atoms with E-state index in [0.717, 1.165) is 5.69 Å². The molecule has 2 aromatic carbocycles. The summed E-state index contributed by atoms with van der Waals surface area (Å²) in [6.45, 7) is 7.36. The molecule has 1 atom stereocenters. The van der Waals surface area contributed by atoms with Crippen LogP contribution in [0.5, 0.6) is 0 Å². The predicted molar refractivity (Wildman–Crippen MR) is 108 cm³/mol. The third-order valence-electron chi connectivity index (χ3n) is 3.71. The molecule has 0 spiro atoms. The molecule has 0 saturated carbocycles. The maximum absolute atomic E-state index is 12.3. The summed E-state index contributed by atoms with van der Waals surface area (Å²) in [5.74, 6) is -0.202. The maximum Gasteiger partial charge on any atom is 0.246 e. The van der Waals surface area contributed by atoms with Crippen LogP contribution in [0.1, 0.15) is 27.7 Å². The Bertz CT molecular complexity index is 765. The van der Waals surface area contributed by atoms with Crippen LogP contribution in [0.2, 0.25) is 5.02 Å². The zero-order valence-electron chi connectivity index (χ0n) is 15.4. The molecule has 3 N–H and O–H groups in total. The summed E-state index contributed by atoms with van der Waals surface area (Å²) in [6.07, 6.45) is 0. The van der Waals surface area contributed by atoms with Crippen molar-refractivity contribution in [1.29, 1.82) is 0 Å². The molecule has 0 aliphatic rings. The number of anilines is 3. The zero-order valence-corrected chi connectivity index (χ0v) is 16.1. The number of benzene rings is 2. The molecule has 2 rings (SSSR count). The first-order valence-electron chi connectivity index (χ1n) is 8.39. The van der Waals surface area contributed by atoms with E-state index in [-0.39, 0.29) is 11.8 Å². The van der Waals surface area contributed by atoms with Crippen LogP contribution in [0.15, 0.2) is 48.5 Å². The van der Waals surface area contributed by atoms with Gasteiger partial charge in [-0.2, -0.15) is 0 Å². The molecule has 0 aromatic heterocycles. The van der Waals surface area contributed by atoms with Gasteiger partial charge in [0.1, 0.15) is 6.04 Å². The Kier molecular flexibility index (Phi) is 6.27. The molecule has 0 fully saturated rings. The topological polar surface area (TPSA) is 70.2 Å². The van der Waals surface area contributed by atoms with Crippen molar-refractivity contribution in [3.8, 4) is 0 Å². The van der Waals surface area contributed by atoms with Crippen LogP contribution in [0, 0.1) is 5.41 Å². The van der Waals surface area contributed by atoms with E-state index in [9.17, 15) is 9.59 Å². The molecular weight excluding hydrogens is 350 g/mol. The van der Waals surface area contributed by atoms with Crippen LogP contribution in [0.3, 0.4) is 0 Å². The highest BCUT2D eigenvalue weighted by Crippen LogP contribution is 2.20. The first kappa shape index (κ1) is 19.8. The Labute approximate surface area is 159 Å². The van der Waals surface area contributed by atoms with E-state index in [0.29, 0.717) is 16.4 Å². The first-order chi connectivity index (χ1) is 12.1. The lowest BCUT2D eigenvalue weighted by atomic mass is 9.95. The number of amides is 2. The highest BCUT2D eigenvalue weighted by molar-refractivity contribution is 6.30. The normalized spacial score (nSPS) is 12.2. The minimum absolute atomic E-state index is 0.0473. The molecule has 138 valence electrons. The smallest absolute Gasteiger partial charge is 0.246 e. The van der Waals surface area contributed by atoms with Crippen LogP contribution in [0.4, 0.5) is 17.1 Å². The van der Waals surface area contributed by atoms with Crippen molar-refractivity contribution in [2.45, 2.75) is 33.7 Å².